The zero-order valence-electron chi connectivity index (χ0n) is 12.1. The normalized spacial score (nSPS) is 15.2. The minimum atomic E-state index is -3.28. The van der Waals surface area contributed by atoms with Gasteiger partial charge in [0.25, 0.3) is 0 Å². The van der Waals surface area contributed by atoms with Crippen molar-refractivity contribution in [2.45, 2.75) is 32.7 Å². The Kier molecular flexibility index (Phi) is 4.25. The molecule has 0 atom stereocenters. The lowest BCUT2D eigenvalue weighted by Crippen LogP contribution is -2.42. The van der Waals surface area contributed by atoms with E-state index in [1.54, 1.807) is 0 Å². The van der Waals surface area contributed by atoms with Gasteiger partial charge in [0.2, 0.25) is 10.0 Å². The second-order valence-electron chi connectivity index (χ2n) is 5.40. The van der Waals surface area contributed by atoms with Crippen molar-refractivity contribution < 1.29 is 17.9 Å². The third-order valence-electron chi connectivity index (χ3n) is 3.15. The van der Waals surface area contributed by atoms with Crippen molar-refractivity contribution in [3.05, 3.63) is 23.8 Å². The summed E-state index contributed by atoms with van der Waals surface area (Å²) in [6.07, 6.45) is 0.590. The van der Waals surface area contributed by atoms with Crippen LogP contribution in [0.3, 0.4) is 0 Å². The van der Waals surface area contributed by atoms with Crippen molar-refractivity contribution in [1.82, 2.24) is 4.72 Å². The molecule has 20 heavy (non-hydrogen) atoms. The molecule has 1 aromatic carbocycles. The van der Waals surface area contributed by atoms with Crippen molar-refractivity contribution >= 4 is 10.0 Å². The highest BCUT2D eigenvalue weighted by molar-refractivity contribution is 7.89. The highest BCUT2D eigenvalue weighted by Crippen LogP contribution is 2.34. The van der Waals surface area contributed by atoms with Gasteiger partial charge in [0.15, 0.2) is 11.5 Å². The average molecular weight is 299 g/mol. The molecule has 2 rings (SSSR count). The first-order chi connectivity index (χ1) is 9.34. The third kappa shape index (κ3) is 3.43. The molecule has 1 aliphatic rings. The van der Waals surface area contributed by atoms with Crippen molar-refractivity contribution in [1.29, 1.82) is 0 Å². The fourth-order valence-corrected chi connectivity index (χ4v) is 3.73. The SMILES string of the molecule is CCCS(=O)(=O)NC(C)(C)c1ccc2c(c1)OCCO2. The summed E-state index contributed by atoms with van der Waals surface area (Å²) in [6.45, 7) is 6.57. The van der Waals surface area contributed by atoms with E-state index < -0.39 is 15.6 Å². The Balaban J connectivity index is 2.25. The molecule has 5 nitrogen and oxygen atoms in total. The molecule has 0 saturated carbocycles. The molecule has 6 heteroatoms. The molecule has 1 aromatic rings. The van der Waals surface area contributed by atoms with Crippen LogP contribution in [-0.4, -0.2) is 27.4 Å². The molecule has 0 aromatic heterocycles. The van der Waals surface area contributed by atoms with E-state index in [-0.39, 0.29) is 5.75 Å². The van der Waals surface area contributed by atoms with Crippen LogP contribution in [0.15, 0.2) is 18.2 Å². The fourth-order valence-electron chi connectivity index (χ4n) is 2.20. The van der Waals surface area contributed by atoms with E-state index in [1.165, 1.54) is 0 Å². The second kappa shape index (κ2) is 5.61. The Morgan fingerprint density at radius 1 is 1.20 bits per heavy atom. The van der Waals surface area contributed by atoms with Crippen LogP contribution in [0, 0.1) is 0 Å². The van der Waals surface area contributed by atoms with Gasteiger partial charge in [-0.05, 0) is 38.0 Å². The van der Waals surface area contributed by atoms with Crippen LogP contribution in [0.25, 0.3) is 0 Å². The van der Waals surface area contributed by atoms with Crippen molar-refractivity contribution in [3.63, 3.8) is 0 Å². The molecule has 0 spiro atoms. The highest BCUT2D eigenvalue weighted by atomic mass is 32.2. The van der Waals surface area contributed by atoms with Crippen molar-refractivity contribution in [3.8, 4) is 11.5 Å². The Labute approximate surface area is 120 Å². The van der Waals surface area contributed by atoms with Crippen LogP contribution in [-0.2, 0) is 15.6 Å². The minimum Gasteiger partial charge on any atom is -0.486 e. The predicted molar refractivity (Wildman–Crippen MR) is 77.7 cm³/mol. The molecule has 0 aliphatic carbocycles. The topological polar surface area (TPSA) is 64.6 Å². The van der Waals surface area contributed by atoms with E-state index in [2.05, 4.69) is 4.72 Å². The van der Waals surface area contributed by atoms with Gasteiger partial charge in [-0.15, -0.1) is 0 Å². The van der Waals surface area contributed by atoms with Gasteiger partial charge >= 0.3 is 0 Å². The van der Waals surface area contributed by atoms with Crippen molar-refractivity contribution in [2.24, 2.45) is 0 Å². The Hall–Kier alpha value is -1.27. The van der Waals surface area contributed by atoms with Gasteiger partial charge in [-0.2, -0.15) is 0 Å². The fraction of sp³-hybridized carbons (Fsp3) is 0.571. The quantitative estimate of drug-likeness (QED) is 0.903. The van der Waals surface area contributed by atoms with Crippen LogP contribution < -0.4 is 14.2 Å². The summed E-state index contributed by atoms with van der Waals surface area (Å²) < 4.78 is 37.6. The van der Waals surface area contributed by atoms with Gasteiger partial charge in [0.05, 0.1) is 11.3 Å². The molecule has 0 fully saturated rings. The first-order valence-corrected chi connectivity index (χ1v) is 8.41. The number of sulfonamides is 1. The summed E-state index contributed by atoms with van der Waals surface area (Å²) in [7, 11) is -3.28. The zero-order chi connectivity index (χ0) is 14.8. The van der Waals surface area contributed by atoms with Gasteiger partial charge < -0.3 is 9.47 Å². The van der Waals surface area contributed by atoms with Crippen LogP contribution in [0.5, 0.6) is 11.5 Å². The molecule has 0 bridgehead atoms. The summed E-state index contributed by atoms with van der Waals surface area (Å²) >= 11 is 0. The van der Waals surface area contributed by atoms with Crippen LogP contribution in [0.1, 0.15) is 32.8 Å². The largest absolute Gasteiger partial charge is 0.486 e. The summed E-state index contributed by atoms with van der Waals surface area (Å²) in [6, 6.07) is 5.52. The number of rotatable bonds is 5. The molecule has 0 amide bonds. The molecule has 1 heterocycles. The maximum absolute atomic E-state index is 11.9. The Morgan fingerprint density at radius 2 is 1.85 bits per heavy atom. The van der Waals surface area contributed by atoms with E-state index in [4.69, 9.17) is 9.47 Å². The molecule has 0 unspecified atom stereocenters. The second-order valence-corrected chi connectivity index (χ2v) is 7.25. The molecule has 0 saturated heterocycles. The summed E-state index contributed by atoms with van der Waals surface area (Å²) in [4.78, 5) is 0. The highest BCUT2D eigenvalue weighted by Gasteiger charge is 2.27. The number of hydrogen-bond donors (Lipinski definition) is 1. The first-order valence-electron chi connectivity index (χ1n) is 6.76. The molecule has 0 radical (unpaired) electrons. The summed E-state index contributed by atoms with van der Waals surface area (Å²) in [5.41, 5.74) is 0.158. The number of hydrogen-bond acceptors (Lipinski definition) is 4. The van der Waals surface area contributed by atoms with Crippen LogP contribution in [0.2, 0.25) is 0 Å². The maximum atomic E-state index is 11.9. The smallest absolute Gasteiger partial charge is 0.212 e. The summed E-state index contributed by atoms with van der Waals surface area (Å²) in [5.74, 6) is 1.49. The Morgan fingerprint density at radius 3 is 2.50 bits per heavy atom. The number of benzene rings is 1. The van der Waals surface area contributed by atoms with Crippen LogP contribution in [0.4, 0.5) is 0 Å². The van der Waals surface area contributed by atoms with E-state index in [0.717, 1.165) is 5.56 Å². The van der Waals surface area contributed by atoms with E-state index >= 15 is 0 Å². The Bertz CT molecular complexity index is 581. The monoisotopic (exact) mass is 299 g/mol. The maximum Gasteiger partial charge on any atom is 0.212 e. The lowest BCUT2D eigenvalue weighted by molar-refractivity contribution is 0.171. The molecular weight excluding hydrogens is 278 g/mol. The van der Waals surface area contributed by atoms with Gasteiger partial charge in [-0.3, -0.25) is 0 Å². The van der Waals surface area contributed by atoms with E-state index in [9.17, 15) is 8.42 Å². The first kappa shape index (κ1) is 15.1. The van der Waals surface area contributed by atoms with E-state index in [0.29, 0.717) is 31.1 Å². The average Bonchev–Trinajstić information content (AvgIpc) is 2.36. The van der Waals surface area contributed by atoms with Crippen LogP contribution >= 0.6 is 0 Å². The molecule has 1 N–H and O–H groups in total. The zero-order valence-corrected chi connectivity index (χ0v) is 12.9. The summed E-state index contributed by atoms with van der Waals surface area (Å²) in [5, 5.41) is 0. The molecular formula is C14H21NO4S. The van der Waals surface area contributed by atoms with E-state index in [1.807, 2.05) is 39.0 Å². The molecule has 1 aliphatic heterocycles. The number of nitrogens with one attached hydrogen (secondary N) is 1. The number of fused-ring (bicyclic) bond motifs is 1. The number of ether oxygens (including phenoxy) is 2. The standard InChI is InChI=1S/C14H21NO4S/c1-4-9-20(16,17)15-14(2,3)11-5-6-12-13(10-11)19-8-7-18-12/h5-6,10,15H,4,7-9H2,1-3H3. The lowest BCUT2D eigenvalue weighted by Gasteiger charge is -2.28. The van der Waals surface area contributed by atoms with Gasteiger partial charge in [0.1, 0.15) is 13.2 Å². The van der Waals surface area contributed by atoms with Crippen molar-refractivity contribution in [2.75, 3.05) is 19.0 Å². The minimum absolute atomic E-state index is 0.126. The predicted octanol–water partition coefficient (Wildman–Crippen LogP) is 2.02. The van der Waals surface area contributed by atoms with Gasteiger partial charge in [-0.1, -0.05) is 13.0 Å². The van der Waals surface area contributed by atoms with Gasteiger partial charge in [0, 0.05) is 0 Å². The third-order valence-corrected chi connectivity index (χ3v) is 4.91. The lowest BCUT2D eigenvalue weighted by atomic mass is 9.95. The molecule has 112 valence electrons. The van der Waals surface area contributed by atoms with Gasteiger partial charge in [-0.25, -0.2) is 13.1 Å².